The van der Waals surface area contributed by atoms with Gasteiger partial charge in [0.25, 0.3) is 6.47 Å². The number of benzene rings is 1. The van der Waals surface area contributed by atoms with Crippen LogP contribution < -0.4 is 0 Å². The van der Waals surface area contributed by atoms with Gasteiger partial charge in [-0.3, -0.25) is 4.79 Å². The van der Waals surface area contributed by atoms with Gasteiger partial charge in [0.15, 0.2) is 0 Å². The fourth-order valence-corrected chi connectivity index (χ4v) is 1.42. The van der Waals surface area contributed by atoms with Crippen LogP contribution in [0.4, 0.5) is 0 Å². The highest BCUT2D eigenvalue weighted by Crippen LogP contribution is 2.16. The Morgan fingerprint density at radius 3 is 2.92 bits per heavy atom. The van der Waals surface area contributed by atoms with Gasteiger partial charge in [-0.1, -0.05) is 22.0 Å². The average molecular weight is 229 g/mol. The molecule has 2 nitrogen and oxygen atoms in total. The van der Waals surface area contributed by atoms with Gasteiger partial charge in [-0.2, -0.15) is 0 Å². The molecule has 0 saturated carbocycles. The molecule has 0 spiro atoms. The van der Waals surface area contributed by atoms with Crippen LogP contribution in [0, 0.1) is 6.92 Å². The number of ether oxygens (including phenoxy) is 1. The molecule has 0 heterocycles. The molecule has 0 aromatic heterocycles. The van der Waals surface area contributed by atoms with E-state index in [-0.39, 0.29) is 0 Å². The van der Waals surface area contributed by atoms with Gasteiger partial charge >= 0.3 is 0 Å². The molecule has 0 N–H and O–H groups in total. The van der Waals surface area contributed by atoms with Crippen LogP contribution in [0.2, 0.25) is 0 Å². The Bertz CT molecular complexity index is 284. The van der Waals surface area contributed by atoms with Gasteiger partial charge in [0.05, 0.1) is 0 Å². The first-order chi connectivity index (χ1) is 5.74. The summed E-state index contributed by atoms with van der Waals surface area (Å²) in [6, 6.07) is 5.85. The summed E-state index contributed by atoms with van der Waals surface area (Å²) < 4.78 is 5.68. The molecule has 0 saturated heterocycles. The van der Waals surface area contributed by atoms with Gasteiger partial charge in [0.2, 0.25) is 0 Å². The molecular formula is C9H9BrO2. The Hall–Kier alpha value is -0.830. The van der Waals surface area contributed by atoms with E-state index < -0.39 is 0 Å². The van der Waals surface area contributed by atoms with Crippen LogP contribution >= 0.6 is 15.9 Å². The van der Waals surface area contributed by atoms with E-state index in [1.54, 1.807) is 0 Å². The first-order valence-electron chi connectivity index (χ1n) is 3.54. The molecular weight excluding hydrogens is 220 g/mol. The number of carbonyl (C=O) groups excluding carboxylic acids is 1. The molecule has 0 radical (unpaired) electrons. The fourth-order valence-electron chi connectivity index (χ4n) is 0.945. The molecule has 0 unspecified atom stereocenters. The molecule has 0 atom stereocenters. The fraction of sp³-hybridized carbons (Fsp3) is 0.222. The highest BCUT2D eigenvalue weighted by atomic mass is 79.9. The molecule has 3 heteroatoms. The predicted octanol–water partition coefficient (Wildman–Crippen LogP) is 2.43. The van der Waals surface area contributed by atoms with E-state index in [0.29, 0.717) is 13.1 Å². The SMILES string of the molecule is Cc1cc(Br)ccc1COC=O. The summed E-state index contributed by atoms with van der Waals surface area (Å²) >= 11 is 3.35. The van der Waals surface area contributed by atoms with Crippen LogP contribution in [0.1, 0.15) is 11.1 Å². The Labute approximate surface area is 79.7 Å². The van der Waals surface area contributed by atoms with E-state index in [2.05, 4.69) is 20.7 Å². The van der Waals surface area contributed by atoms with Crippen molar-refractivity contribution in [3.8, 4) is 0 Å². The first kappa shape index (κ1) is 9.26. The van der Waals surface area contributed by atoms with Crippen molar-refractivity contribution in [3.63, 3.8) is 0 Å². The molecule has 0 aliphatic carbocycles. The second-order valence-corrected chi connectivity index (χ2v) is 3.39. The highest BCUT2D eigenvalue weighted by molar-refractivity contribution is 9.10. The summed E-state index contributed by atoms with van der Waals surface area (Å²) in [7, 11) is 0. The van der Waals surface area contributed by atoms with Crippen LogP contribution in [0.3, 0.4) is 0 Å². The van der Waals surface area contributed by atoms with Crippen LogP contribution in [0.25, 0.3) is 0 Å². The molecule has 0 fully saturated rings. The monoisotopic (exact) mass is 228 g/mol. The van der Waals surface area contributed by atoms with Crippen LogP contribution in [0.15, 0.2) is 22.7 Å². The number of hydrogen-bond acceptors (Lipinski definition) is 2. The average Bonchev–Trinajstić information content (AvgIpc) is 2.03. The standard InChI is InChI=1S/C9H9BrO2/c1-7-4-9(10)3-2-8(7)5-12-6-11/h2-4,6H,5H2,1H3. The minimum absolute atomic E-state index is 0.350. The van der Waals surface area contributed by atoms with Gasteiger partial charge in [0.1, 0.15) is 6.61 Å². The molecule has 0 aliphatic rings. The molecule has 0 amide bonds. The predicted molar refractivity (Wildman–Crippen MR) is 49.7 cm³/mol. The lowest BCUT2D eigenvalue weighted by atomic mass is 10.1. The molecule has 0 aliphatic heterocycles. The number of hydrogen-bond donors (Lipinski definition) is 0. The zero-order valence-corrected chi connectivity index (χ0v) is 8.30. The van der Waals surface area contributed by atoms with Crippen molar-refractivity contribution in [2.45, 2.75) is 13.5 Å². The third kappa shape index (κ3) is 2.34. The summed E-state index contributed by atoms with van der Waals surface area (Å²) in [5.74, 6) is 0. The summed E-state index contributed by atoms with van der Waals surface area (Å²) in [5, 5.41) is 0. The van der Waals surface area contributed by atoms with E-state index in [1.807, 2.05) is 25.1 Å². The minimum Gasteiger partial charge on any atom is -0.463 e. The normalized spacial score (nSPS) is 9.50. The Morgan fingerprint density at radius 2 is 2.33 bits per heavy atom. The lowest BCUT2D eigenvalue weighted by Crippen LogP contribution is -1.92. The molecule has 1 aromatic carbocycles. The highest BCUT2D eigenvalue weighted by Gasteiger charge is 1.98. The van der Waals surface area contributed by atoms with Crippen LogP contribution in [-0.2, 0) is 16.1 Å². The molecule has 12 heavy (non-hydrogen) atoms. The lowest BCUT2D eigenvalue weighted by molar-refractivity contribution is -0.129. The van der Waals surface area contributed by atoms with Gasteiger partial charge in [-0.15, -0.1) is 0 Å². The van der Waals surface area contributed by atoms with E-state index in [4.69, 9.17) is 0 Å². The van der Waals surface area contributed by atoms with Gasteiger partial charge < -0.3 is 4.74 Å². The largest absolute Gasteiger partial charge is 0.463 e. The van der Waals surface area contributed by atoms with Crippen molar-refractivity contribution in [1.82, 2.24) is 0 Å². The molecule has 64 valence electrons. The zero-order valence-electron chi connectivity index (χ0n) is 6.71. The maximum Gasteiger partial charge on any atom is 0.293 e. The van der Waals surface area contributed by atoms with Gasteiger partial charge in [-0.05, 0) is 30.2 Å². The molecule has 1 aromatic rings. The number of aryl methyl sites for hydroxylation is 1. The van der Waals surface area contributed by atoms with E-state index in [0.717, 1.165) is 15.6 Å². The first-order valence-corrected chi connectivity index (χ1v) is 4.33. The molecule has 1 rings (SSSR count). The second kappa shape index (κ2) is 4.26. The topological polar surface area (TPSA) is 26.3 Å². The summed E-state index contributed by atoms with van der Waals surface area (Å²) in [4.78, 5) is 9.92. The summed E-state index contributed by atoms with van der Waals surface area (Å²) in [6.07, 6.45) is 0. The summed E-state index contributed by atoms with van der Waals surface area (Å²) in [5.41, 5.74) is 2.15. The number of halogens is 1. The van der Waals surface area contributed by atoms with Crippen LogP contribution in [0.5, 0.6) is 0 Å². The lowest BCUT2D eigenvalue weighted by Gasteiger charge is -2.03. The third-order valence-corrected chi connectivity index (χ3v) is 2.10. The van der Waals surface area contributed by atoms with Gasteiger partial charge in [-0.25, -0.2) is 0 Å². The van der Waals surface area contributed by atoms with Crippen molar-refractivity contribution in [1.29, 1.82) is 0 Å². The van der Waals surface area contributed by atoms with Crippen molar-refractivity contribution >= 4 is 22.4 Å². The number of rotatable bonds is 3. The van der Waals surface area contributed by atoms with E-state index >= 15 is 0 Å². The summed E-state index contributed by atoms with van der Waals surface area (Å²) in [6.45, 7) is 2.79. The van der Waals surface area contributed by atoms with Crippen molar-refractivity contribution in [3.05, 3.63) is 33.8 Å². The smallest absolute Gasteiger partial charge is 0.293 e. The van der Waals surface area contributed by atoms with E-state index in [9.17, 15) is 4.79 Å². The van der Waals surface area contributed by atoms with Crippen LogP contribution in [-0.4, -0.2) is 6.47 Å². The van der Waals surface area contributed by atoms with Gasteiger partial charge in [0, 0.05) is 4.47 Å². The molecule has 0 bridgehead atoms. The van der Waals surface area contributed by atoms with Crippen molar-refractivity contribution in [2.24, 2.45) is 0 Å². The quantitative estimate of drug-likeness (QED) is 0.744. The minimum atomic E-state index is 0.350. The van der Waals surface area contributed by atoms with Crippen molar-refractivity contribution < 1.29 is 9.53 Å². The zero-order chi connectivity index (χ0) is 8.97. The Kier molecular flexibility index (Phi) is 3.29. The van der Waals surface area contributed by atoms with E-state index in [1.165, 1.54) is 0 Å². The van der Waals surface area contributed by atoms with Crippen molar-refractivity contribution in [2.75, 3.05) is 0 Å². The maximum atomic E-state index is 9.92. The Balaban J connectivity index is 2.78. The Morgan fingerprint density at radius 1 is 1.58 bits per heavy atom. The third-order valence-electron chi connectivity index (χ3n) is 1.61. The second-order valence-electron chi connectivity index (χ2n) is 2.48. The number of carbonyl (C=O) groups is 1. The maximum absolute atomic E-state index is 9.92.